The minimum Gasteiger partial charge on any atom is -0.453 e. The van der Waals surface area contributed by atoms with Crippen molar-refractivity contribution >= 4 is 28.7 Å². The first kappa shape index (κ1) is 18.7. The summed E-state index contributed by atoms with van der Waals surface area (Å²) in [6, 6.07) is 5.68. The highest BCUT2D eigenvalue weighted by molar-refractivity contribution is 5.98. The highest BCUT2D eigenvalue weighted by atomic mass is 19.1. The van der Waals surface area contributed by atoms with Crippen LogP contribution in [0.15, 0.2) is 49.9 Å². The number of carbonyl (C=O) groups is 1. The lowest BCUT2D eigenvalue weighted by Crippen LogP contribution is -2.25. The predicted molar refractivity (Wildman–Crippen MR) is 108 cm³/mol. The van der Waals surface area contributed by atoms with Crippen LogP contribution in [0, 0.1) is 10.7 Å². The fourth-order valence-electron chi connectivity index (χ4n) is 3.67. The van der Waals surface area contributed by atoms with Gasteiger partial charge in [0.1, 0.15) is 16.8 Å². The summed E-state index contributed by atoms with van der Waals surface area (Å²) >= 11 is 0. The summed E-state index contributed by atoms with van der Waals surface area (Å²) in [7, 11) is 1.67. The number of aliphatic imine (C=N–C) groups is 1. The van der Waals surface area contributed by atoms with Crippen molar-refractivity contribution in [1.82, 2.24) is 4.57 Å². The Bertz CT molecular complexity index is 1300. The van der Waals surface area contributed by atoms with Gasteiger partial charge in [0.15, 0.2) is 11.6 Å². The zero-order valence-corrected chi connectivity index (χ0v) is 15.7. The van der Waals surface area contributed by atoms with Crippen LogP contribution in [0.2, 0.25) is 0 Å². The number of para-hydroxylation sites is 1. The van der Waals surface area contributed by atoms with Gasteiger partial charge in [-0.05, 0) is 25.0 Å². The number of aryl methyl sites for hydroxylation is 2. The molecule has 1 amide bonds. The molecule has 4 rings (SSSR count). The molecule has 2 aromatic heterocycles. The number of nitrogens with zero attached hydrogens (tertiary/aromatic N) is 3. The molecule has 1 aromatic carbocycles. The monoisotopic (exact) mass is 393 g/mol. The summed E-state index contributed by atoms with van der Waals surface area (Å²) in [5, 5.41) is 3.07. The second-order valence-corrected chi connectivity index (χ2v) is 6.72. The van der Waals surface area contributed by atoms with Crippen molar-refractivity contribution < 1.29 is 13.6 Å². The van der Waals surface area contributed by atoms with Crippen LogP contribution in [0.1, 0.15) is 28.4 Å². The first-order valence-electron chi connectivity index (χ1n) is 8.92. The first-order chi connectivity index (χ1) is 14.0. The molecular formula is C21H16FN3O4. The van der Waals surface area contributed by atoms with Crippen molar-refractivity contribution in [3.63, 3.8) is 0 Å². The lowest BCUT2D eigenvalue weighted by atomic mass is 9.98. The van der Waals surface area contributed by atoms with Crippen molar-refractivity contribution in [3.8, 4) is 11.5 Å². The van der Waals surface area contributed by atoms with Crippen LogP contribution in [-0.2, 0) is 13.0 Å². The fraction of sp³-hybridized carbons (Fsp3) is 0.190. The van der Waals surface area contributed by atoms with E-state index in [-0.39, 0.29) is 11.5 Å². The van der Waals surface area contributed by atoms with E-state index in [1.807, 2.05) is 31.2 Å². The van der Waals surface area contributed by atoms with Crippen molar-refractivity contribution in [3.05, 3.63) is 68.1 Å². The Morgan fingerprint density at radius 1 is 1.31 bits per heavy atom. The van der Waals surface area contributed by atoms with Gasteiger partial charge in [-0.3, -0.25) is 14.6 Å². The summed E-state index contributed by atoms with van der Waals surface area (Å²) in [5.74, 6) is -2.17. The van der Waals surface area contributed by atoms with Gasteiger partial charge in [0.2, 0.25) is 5.43 Å². The molecule has 8 heteroatoms. The summed E-state index contributed by atoms with van der Waals surface area (Å²) in [6.07, 6.45) is 5.21. The molecule has 146 valence electrons. The number of furan rings is 1. The number of fused-ring (bicyclic) bond motifs is 5. The number of carbonyl (C=O) groups excluding carboxylic acids is 1. The van der Waals surface area contributed by atoms with Crippen LogP contribution in [0.4, 0.5) is 4.39 Å². The van der Waals surface area contributed by atoms with Crippen LogP contribution in [0.5, 0.6) is 0 Å². The van der Waals surface area contributed by atoms with Crippen LogP contribution in [0.25, 0.3) is 28.0 Å². The molecule has 0 fully saturated rings. The second-order valence-electron chi connectivity index (χ2n) is 6.72. The maximum Gasteiger partial charge on any atom is 0.322 e. The molecule has 0 unspecified atom stereocenters. The van der Waals surface area contributed by atoms with Crippen molar-refractivity contribution in [2.75, 3.05) is 7.05 Å². The van der Waals surface area contributed by atoms with E-state index in [1.165, 1.54) is 10.8 Å². The Hall–Kier alpha value is -3.68. The minimum absolute atomic E-state index is 0.0300. The van der Waals surface area contributed by atoms with E-state index in [0.29, 0.717) is 18.5 Å². The third-order valence-corrected chi connectivity index (χ3v) is 5.07. The molecule has 29 heavy (non-hydrogen) atoms. The Morgan fingerprint density at radius 2 is 2.10 bits per heavy atom. The van der Waals surface area contributed by atoms with Gasteiger partial charge in [-0.25, -0.2) is 4.39 Å². The van der Waals surface area contributed by atoms with Gasteiger partial charge in [0, 0.05) is 47.7 Å². The number of allylic oxidation sites excluding steroid dienone is 2. The molecular weight excluding hydrogens is 377 g/mol. The lowest BCUT2D eigenvalue weighted by molar-refractivity contribution is 0.0998. The Kier molecular flexibility index (Phi) is 4.54. The lowest BCUT2D eigenvalue weighted by Gasteiger charge is -2.19. The quantitative estimate of drug-likeness (QED) is 0.497. The Balaban J connectivity index is 1.99. The largest absolute Gasteiger partial charge is 0.453 e. The highest BCUT2D eigenvalue weighted by Gasteiger charge is 2.30. The topological polar surface area (TPSA) is 94.0 Å². The molecule has 0 aliphatic carbocycles. The number of halogens is 1. The molecule has 0 atom stereocenters. The maximum atomic E-state index is 15.0. The molecule has 0 saturated heterocycles. The summed E-state index contributed by atoms with van der Waals surface area (Å²) in [5.41, 5.74) is 1.36. The smallest absolute Gasteiger partial charge is 0.322 e. The summed E-state index contributed by atoms with van der Waals surface area (Å²) in [4.78, 5) is 38.3. The molecule has 7 nitrogen and oxygen atoms in total. The number of amides is 1. The summed E-state index contributed by atoms with van der Waals surface area (Å²) < 4.78 is 22.4. The Morgan fingerprint density at radius 3 is 2.83 bits per heavy atom. The van der Waals surface area contributed by atoms with Gasteiger partial charge >= 0.3 is 5.91 Å². The van der Waals surface area contributed by atoms with E-state index in [4.69, 9.17) is 4.42 Å². The first-order valence-corrected chi connectivity index (χ1v) is 8.92. The van der Waals surface area contributed by atoms with E-state index in [1.54, 1.807) is 13.3 Å². The summed E-state index contributed by atoms with van der Waals surface area (Å²) in [6.45, 7) is 2.25. The third kappa shape index (κ3) is 2.84. The number of aromatic nitrogens is 1. The molecule has 1 aliphatic heterocycles. The molecule has 0 saturated carbocycles. The average Bonchev–Trinajstić information content (AvgIpc) is 3.12. The van der Waals surface area contributed by atoms with Gasteiger partial charge in [0.05, 0.1) is 0 Å². The van der Waals surface area contributed by atoms with Crippen molar-refractivity contribution in [2.45, 2.75) is 19.9 Å². The van der Waals surface area contributed by atoms with Gasteiger partial charge < -0.3 is 8.98 Å². The number of rotatable bonds is 3. The van der Waals surface area contributed by atoms with Crippen molar-refractivity contribution in [2.24, 2.45) is 10.2 Å². The molecule has 1 aliphatic rings. The molecule has 0 N–H and O–H groups in total. The second kappa shape index (κ2) is 7.05. The molecule has 3 heterocycles. The predicted octanol–water partition coefficient (Wildman–Crippen LogP) is 3.97. The van der Waals surface area contributed by atoms with Gasteiger partial charge in [0.25, 0.3) is 0 Å². The fourth-order valence-corrected chi connectivity index (χ4v) is 3.67. The van der Waals surface area contributed by atoms with E-state index in [0.717, 1.165) is 22.1 Å². The van der Waals surface area contributed by atoms with Crippen LogP contribution >= 0.6 is 0 Å². The molecule has 0 bridgehead atoms. The minimum atomic E-state index is -1.29. The average molecular weight is 393 g/mol. The van der Waals surface area contributed by atoms with E-state index >= 15 is 0 Å². The van der Waals surface area contributed by atoms with Gasteiger partial charge in [-0.15, -0.1) is 4.91 Å². The normalized spacial score (nSPS) is 13.6. The molecule has 0 radical (unpaired) electrons. The SMILES string of the molecule is CN=C/C=C(\C)c1cccc2c3c(oc12)-c1c(F)c(=O)c(C(=O)N=O)cn1CC3. The zero-order valence-electron chi connectivity index (χ0n) is 15.7. The van der Waals surface area contributed by atoms with E-state index in [2.05, 4.69) is 10.2 Å². The third-order valence-electron chi connectivity index (χ3n) is 5.07. The molecule has 3 aromatic rings. The van der Waals surface area contributed by atoms with Crippen molar-refractivity contribution in [1.29, 1.82) is 0 Å². The van der Waals surface area contributed by atoms with Crippen LogP contribution < -0.4 is 5.43 Å². The Labute approximate surface area is 164 Å². The number of hydrogen-bond donors (Lipinski definition) is 0. The maximum absolute atomic E-state index is 15.0. The van der Waals surface area contributed by atoms with E-state index in [9.17, 15) is 18.9 Å². The van der Waals surface area contributed by atoms with Crippen LogP contribution in [-0.4, -0.2) is 23.7 Å². The number of pyridine rings is 1. The zero-order chi connectivity index (χ0) is 20.7. The molecule has 0 spiro atoms. The number of hydrogen-bond acceptors (Lipinski definition) is 5. The van der Waals surface area contributed by atoms with E-state index < -0.39 is 22.7 Å². The number of benzene rings is 1. The highest BCUT2D eigenvalue weighted by Crippen LogP contribution is 2.40. The number of nitroso groups, excluding NO2 is 1. The van der Waals surface area contributed by atoms with Crippen LogP contribution in [0.3, 0.4) is 0 Å². The van der Waals surface area contributed by atoms with Gasteiger partial charge in [-0.2, -0.15) is 0 Å². The standard InChI is InChI=1S/C21H16FN3O4/c1-11(6-8-23-2)12-4-3-5-13-14-7-9-25-10-15(21(27)24-28)18(26)16(22)17(25)20(14)29-19(12)13/h3-6,8,10H,7,9H2,1-2H3/b11-6+,23-8?. The van der Waals surface area contributed by atoms with Gasteiger partial charge in [-0.1, -0.05) is 18.2 Å².